The summed E-state index contributed by atoms with van der Waals surface area (Å²) in [6, 6.07) is 0. The number of halogens is 1. The van der Waals surface area contributed by atoms with Crippen molar-refractivity contribution in [2.45, 2.75) is 52.6 Å². The van der Waals surface area contributed by atoms with E-state index in [1.807, 2.05) is 11.7 Å². The first kappa shape index (κ1) is 17.0. The second kappa shape index (κ2) is 6.80. The van der Waals surface area contributed by atoms with Crippen LogP contribution < -0.4 is 5.32 Å². The molecule has 1 aromatic rings. The molecule has 0 spiro atoms. The van der Waals surface area contributed by atoms with Crippen molar-refractivity contribution in [3.05, 3.63) is 15.9 Å². The Morgan fingerprint density at radius 3 is 2.67 bits per heavy atom. The number of piperidine rings is 1. The second-order valence-corrected chi connectivity index (χ2v) is 8.14. The van der Waals surface area contributed by atoms with Gasteiger partial charge in [-0.2, -0.15) is 5.10 Å². The van der Waals surface area contributed by atoms with Gasteiger partial charge in [0.1, 0.15) is 0 Å². The minimum absolute atomic E-state index is 0.213. The van der Waals surface area contributed by atoms with Gasteiger partial charge in [-0.05, 0) is 75.5 Å². The molecule has 1 unspecified atom stereocenters. The van der Waals surface area contributed by atoms with Gasteiger partial charge in [0.05, 0.1) is 15.9 Å². The molecule has 5 heteroatoms. The fourth-order valence-electron chi connectivity index (χ4n) is 2.98. The summed E-state index contributed by atoms with van der Waals surface area (Å²) in [6.07, 6.45) is 2.64. The normalized spacial score (nSPS) is 21.0. The lowest BCUT2D eigenvalue weighted by Gasteiger charge is -2.34. The summed E-state index contributed by atoms with van der Waals surface area (Å²) in [5.41, 5.74) is 2.58. The van der Waals surface area contributed by atoms with Crippen LogP contribution in [0.25, 0.3) is 0 Å². The third kappa shape index (κ3) is 4.80. The molecular weight excluding hydrogens is 328 g/mol. The molecule has 1 atom stereocenters. The molecule has 1 aliphatic heterocycles. The third-order valence-electron chi connectivity index (χ3n) is 4.16. The van der Waals surface area contributed by atoms with Gasteiger partial charge in [-0.25, -0.2) is 0 Å². The van der Waals surface area contributed by atoms with E-state index in [1.165, 1.54) is 36.1 Å². The van der Waals surface area contributed by atoms with Crippen molar-refractivity contribution in [2.75, 3.05) is 19.6 Å². The Bertz CT molecular complexity index is 475. The van der Waals surface area contributed by atoms with Crippen molar-refractivity contribution >= 4 is 15.9 Å². The second-order valence-electron chi connectivity index (χ2n) is 7.34. The maximum absolute atomic E-state index is 4.49. The van der Waals surface area contributed by atoms with Crippen LogP contribution in [0.3, 0.4) is 0 Å². The molecule has 2 heterocycles. The smallest absolute Gasteiger partial charge is 0.0739 e. The molecule has 0 bridgehead atoms. The number of hydrogen-bond acceptors (Lipinski definition) is 3. The molecule has 1 fully saturated rings. The van der Waals surface area contributed by atoms with E-state index >= 15 is 0 Å². The van der Waals surface area contributed by atoms with E-state index in [0.717, 1.165) is 24.7 Å². The van der Waals surface area contributed by atoms with Crippen molar-refractivity contribution in [3.8, 4) is 0 Å². The van der Waals surface area contributed by atoms with Gasteiger partial charge in [0.2, 0.25) is 0 Å². The number of rotatable bonds is 4. The predicted octanol–water partition coefficient (Wildman–Crippen LogP) is 3.09. The van der Waals surface area contributed by atoms with Crippen LogP contribution in [-0.2, 0) is 13.6 Å². The average molecular weight is 357 g/mol. The molecular formula is C16H29BrN4. The maximum atomic E-state index is 4.49. The Kier molecular flexibility index (Phi) is 5.49. The Morgan fingerprint density at radius 2 is 2.10 bits per heavy atom. The molecule has 0 saturated carbocycles. The average Bonchev–Trinajstić information content (AvgIpc) is 2.63. The van der Waals surface area contributed by atoms with E-state index in [9.17, 15) is 0 Å². The van der Waals surface area contributed by atoms with Gasteiger partial charge in [0, 0.05) is 25.7 Å². The van der Waals surface area contributed by atoms with Crippen LogP contribution in [-0.4, -0.2) is 39.9 Å². The van der Waals surface area contributed by atoms with Crippen molar-refractivity contribution in [2.24, 2.45) is 13.0 Å². The molecule has 0 amide bonds. The lowest BCUT2D eigenvalue weighted by Crippen LogP contribution is -2.44. The van der Waals surface area contributed by atoms with Crippen LogP contribution in [0.1, 0.15) is 45.0 Å². The first-order valence-corrected chi connectivity index (χ1v) is 8.71. The highest BCUT2D eigenvalue weighted by atomic mass is 79.9. The van der Waals surface area contributed by atoms with Crippen LogP contribution in [0.2, 0.25) is 0 Å². The molecule has 21 heavy (non-hydrogen) atoms. The Hall–Kier alpha value is -0.390. The number of aromatic nitrogens is 2. The quantitative estimate of drug-likeness (QED) is 0.899. The number of nitrogens with one attached hydrogen (secondary N) is 1. The van der Waals surface area contributed by atoms with Crippen LogP contribution in [0, 0.1) is 12.8 Å². The molecule has 4 nitrogen and oxygen atoms in total. The molecule has 0 aromatic carbocycles. The summed E-state index contributed by atoms with van der Waals surface area (Å²) in [6.45, 7) is 13.3. The zero-order valence-electron chi connectivity index (χ0n) is 14.0. The van der Waals surface area contributed by atoms with Gasteiger partial charge in [-0.3, -0.25) is 9.58 Å². The van der Waals surface area contributed by atoms with Crippen LogP contribution >= 0.6 is 15.9 Å². The van der Waals surface area contributed by atoms with Gasteiger partial charge < -0.3 is 5.32 Å². The molecule has 120 valence electrons. The van der Waals surface area contributed by atoms with Gasteiger partial charge in [0.25, 0.3) is 0 Å². The molecule has 1 aromatic heterocycles. The standard InChI is InChI=1S/C16H29BrN4/c1-12-15(17)14(20(5)19-12)11-21-8-6-7-13(10-21)9-18-16(2,3)4/h13,18H,6-11H2,1-5H3. The Morgan fingerprint density at radius 1 is 1.38 bits per heavy atom. The molecule has 0 radical (unpaired) electrons. The highest BCUT2D eigenvalue weighted by molar-refractivity contribution is 9.10. The monoisotopic (exact) mass is 356 g/mol. The van der Waals surface area contributed by atoms with E-state index in [4.69, 9.17) is 0 Å². The van der Waals surface area contributed by atoms with E-state index in [-0.39, 0.29) is 5.54 Å². The van der Waals surface area contributed by atoms with Gasteiger partial charge in [-0.1, -0.05) is 0 Å². The Labute approximate surface area is 137 Å². The molecule has 1 aliphatic rings. The fraction of sp³-hybridized carbons (Fsp3) is 0.812. The number of nitrogens with zero attached hydrogens (tertiary/aromatic N) is 3. The molecule has 0 aliphatic carbocycles. The Balaban J connectivity index is 1.92. The molecule has 2 rings (SSSR count). The van der Waals surface area contributed by atoms with Crippen LogP contribution in [0.15, 0.2) is 4.47 Å². The van der Waals surface area contributed by atoms with E-state index in [2.05, 4.69) is 58.9 Å². The van der Waals surface area contributed by atoms with Crippen molar-refractivity contribution < 1.29 is 0 Å². The summed E-state index contributed by atoms with van der Waals surface area (Å²) in [5.74, 6) is 0.756. The fourth-order valence-corrected chi connectivity index (χ4v) is 3.44. The zero-order chi connectivity index (χ0) is 15.6. The lowest BCUT2D eigenvalue weighted by molar-refractivity contribution is 0.156. The molecule has 1 saturated heterocycles. The number of aryl methyl sites for hydroxylation is 2. The van der Waals surface area contributed by atoms with Gasteiger partial charge in [0.15, 0.2) is 0 Å². The molecule has 1 N–H and O–H groups in total. The van der Waals surface area contributed by atoms with E-state index < -0.39 is 0 Å². The topological polar surface area (TPSA) is 33.1 Å². The summed E-state index contributed by atoms with van der Waals surface area (Å²) in [7, 11) is 2.04. The minimum Gasteiger partial charge on any atom is -0.312 e. The van der Waals surface area contributed by atoms with Gasteiger partial charge in [-0.15, -0.1) is 0 Å². The van der Waals surface area contributed by atoms with Crippen molar-refractivity contribution in [1.29, 1.82) is 0 Å². The third-order valence-corrected chi connectivity index (χ3v) is 5.19. The van der Waals surface area contributed by atoms with Crippen molar-refractivity contribution in [1.82, 2.24) is 20.0 Å². The van der Waals surface area contributed by atoms with Crippen LogP contribution in [0.4, 0.5) is 0 Å². The summed E-state index contributed by atoms with van der Waals surface area (Å²) >= 11 is 3.68. The van der Waals surface area contributed by atoms with Crippen LogP contribution in [0.5, 0.6) is 0 Å². The maximum Gasteiger partial charge on any atom is 0.0739 e. The minimum atomic E-state index is 0.213. The summed E-state index contributed by atoms with van der Waals surface area (Å²) < 4.78 is 3.18. The summed E-state index contributed by atoms with van der Waals surface area (Å²) in [5, 5.41) is 8.14. The highest BCUT2D eigenvalue weighted by Crippen LogP contribution is 2.24. The first-order valence-electron chi connectivity index (χ1n) is 7.91. The van der Waals surface area contributed by atoms with Gasteiger partial charge >= 0.3 is 0 Å². The van der Waals surface area contributed by atoms with E-state index in [0.29, 0.717) is 0 Å². The first-order chi connectivity index (χ1) is 9.76. The lowest BCUT2D eigenvalue weighted by atomic mass is 9.96. The zero-order valence-corrected chi connectivity index (χ0v) is 15.6. The largest absolute Gasteiger partial charge is 0.312 e. The SMILES string of the molecule is Cc1nn(C)c(CN2CCCC(CNC(C)(C)C)C2)c1Br. The predicted molar refractivity (Wildman–Crippen MR) is 91.4 cm³/mol. The highest BCUT2D eigenvalue weighted by Gasteiger charge is 2.23. The van der Waals surface area contributed by atoms with Crippen molar-refractivity contribution in [3.63, 3.8) is 0 Å². The number of hydrogen-bond donors (Lipinski definition) is 1. The number of likely N-dealkylation sites (tertiary alicyclic amines) is 1. The summed E-state index contributed by atoms with van der Waals surface area (Å²) in [4.78, 5) is 2.57. The van der Waals surface area contributed by atoms with E-state index in [1.54, 1.807) is 0 Å².